The first-order valence-corrected chi connectivity index (χ1v) is 43.8. The summed E-state index contributed by atoms with van der Waals surface area (Å²) >= 11 is 7.24. The molecule has 6 aromatic carbocycles. The second kappa shape index (κ2) is 54.8. The Morgan fingerprint density at radius 1 is 0.500 bits per heavy atom. The molecule has 0 atom stereocenters. The molecule has 136 heavy (non-hydrogen) atoms. The van der Waals surface area contributed by atoms with Gasteiger partial charge in [0.2, 0.25) is 0 Å². The zero-order chi connectivity index (χ0) is 102. The minimum absolute atomic E-state index is 0. The third kappa shape index (κ3) is 36.8. The number of alkyl halides is 2. The SMILES string of the molecule is C1CCOC1.CC(C)(C)OC(=O)CBr.CC=N.COC(=O)c1ccc2c(c1)C(I)=NC2.COC(=O)c1ccc2c(c1)C=NC2.COC(=O)c1ccc2c(c1)c(C(N)=O)nn2CC(=O)O.COC(=O)c1ccc2c(c1)c(C(N)=O)nn2CC(=O)OC(C)(C)C.COC(=O)c1ccc2c(c1)c(I)nn2CC(=O)OC(C)(C)C.O.[2H]CF.[C-]#[N+]c1nn(CC(=O)OC(C)(C)C)c2ccc(C(=O)OC)cc12. The number of carbonyl (C=O) groups excluding carboxylic acids is 12. The molecule has 0 radical (unpaired) electrons. The van der Waals surface area contributed by atoms with Crippen LogP contribution in [0.2, 0.25) is 0 Å². The van der Waals surface area contributed by atoms with Crippen molar-refractivity contribution in [3.63, 3.8) is 0 Å². The number of methoxy groups -OCH3 is 6. The zero-order valence-corrected chi connectivity index (χ0v) is 84.3. The molecule has 732 valence electrons. The Balaban J connectivity index is 0.000000409. The van der Waals surface area contributed by atoms with Gasteiger partial charge in [-0.3, -0.25) is 57.2 Å². The van der Waals surface area contributed by atoms with Crippen molar-refractivity contribution in [2.45, 2.75) is 165 Å². The van der Waals surface area contributed by atoms with E-state index in [0.29, 0.717) is 58.7 Å². The quantitative estimate of drug-likeness (QED) is 0.0164. The van der Waals surface area contributed by atoms with Crippen LogP contribution >= 0.6 is 61.1 Å². The van der Waals surface area contributed by atoms with Crippen molar-refractivity contribution in [1.82, 2.24) is 39.1 Å². The number of rotatable bonds is 17. The molecule has 40 nitrogen and oxygen atoms in total. The van der Waals surface area contributed by atoms with Gasteiger partial charge in [-0.15, -0.1) is 0 Å². The van der Waals surface area contributed by atoms with E-state index in [9.17, 15) is 66.7 Å². The summed E-state index contributed by atoms with van der Waals surface area (Å²) in [6.07, 6.45) is 5.59. The number of primary amides is 2. The Kier molecular flexibility index (Phi) is 46.3. The van der Waals surface area contributed by atoms with Crippen LogP contribution in [0.25, 0.3) is 48.5 Å². The lowest BCUT2D eigenvalue weighted by Gasteiger charge is -2.19. The molecule has 0 spiro atoms. The number of aliphatic imine (C=N–C) groups is 2. The van der Waals surface area contributed by atoms with Gasteiger partial charge in [-0.1, -0.05) is 34.6 Å². The number of nitrogens with one attached hydrogen (secondary N) is 1. The zero-order valence-electron chi connectivity index (χ0n) is 79.4. The van der Waals surface area contributed by atoms with E-state index < -0.39 is 84.1 Å². The Morgan fingerprint density at radius 2 is 0.816 bits per heavy atom. The van der Waals surface area contributed by atoms with Crippen molar-refractivity contribution in [3.05, 3.63) is 191 Å². The normalized spacial score (nSPS) is 11.7. The average Bonchev–Trinajstić information content (AvgIpc) is 1.65. The molecule has 0 aliphatic carbocycles. The fraction of sp³-hybridized carbons (Fsp3) is 0.380. The van der Waals surface area contributed by atoms with Crippen LogP contribution in [0.5, 0.6) is 0 Å². The number of carbonyl (C=O) groups is 13. The van der Waals surface area contributed by atoms with Gasteiger partial charge >= 0.3 is 71.5 Å². The fourth-order valence-electron chi connectivity index (χ4n) is 11.8. The molecule has 2 amide bonds. The van der Waals surface area contributed by atoms with Crippen LogP contribution in [0.15, 0.2) is 119 Å². The topological polar surface area (TPSA) is 551 Å². The van der Waals surface area contributed by atoms with E-state index in [1.54, 1.807) is 114 Å². The maximum absolute atomic E-state index is 12.0. The molecule has 0 bridgehead atoms. The van der Waals surface area contributed by atoms with Gasteiger partial charge in [0.05, 0.1) is 120 Å². The monoisotopic (exact) mass is 2180 g/mol. The molecule has 10 aromatic rings. The first kappa shape index (κ1) is 115. The van der Waals surface area contributed by atoms with E-state index >= 15 is 0 Å². The Morgan fingerprint density at radius 3 is 1.15 bits per heavy atom. The number of fused-ring (bicyclic) bond motifs is 6. The van der Waals surface area contributed by atoms with Crippen molar-refractivity contribution < 1.29 is 131 Å². The summed E-state index contributed by atoms with van der Waals surface area (Å²) in [5, 5.41) is 33.5. The molecule has 3 aliphatic heterocycles. The van der Waals surface area contributed by atoms with Crippen LogP contribution in [-0.2, 0) is 115 Å². The minimum atomic E-state index is -1.11. The van der Waals surface area contributed by atoms with Gasteiger partial charge in [0.1, 0.15) is 54.8 Å². The van der Waals surface area contributed by atoms with Crippen LogP contribution in [0.3, 0.4) is 0 Å². The van der Waals surface area contributed by atoms with E-state index in [0.717, 1.165) is 62.3 Å². The summed E-state index contributed by atoms with van der Waals surface area (Å²) in [7, 11) is 6.87. The predicted octanol–water partition coefficient (Wildman–Crippen LogP) is 13.3. The predicted molar refractivity (Wildman–Crippen MR) is 521 cm³/mol. The number of halogens is 4. The molecule has 8 N–H and O–H groups in total. The van der Waals surface area contributed by atoms with E-state index in [4.69, 9.17) is 58.3 Å². The lowest BCUT2D eigenvalue weighted by Crippen LogP contribution is -2.27. The number of nitrogens with two attached hydrogens (primary N) is 2. The van der Waals surface area contributed by atoms with Gasteiger partial charge in [-0.05, 0) is 273 Å². The van der Waals surface area contributed by atoms with Gasteiger partial charge in [0.25, 0.3) is 11.8 Å². The second-order valence-corrected chi connectivity index (χ2v) is 34.6. The molecule has 4 aromatic heterocycles. The van der Waals surface area contributed by atoms with Crippen LogP contribution in [0.4, 0.5) is 10.2 Å². The summed E-state index contributed by atoms with van der Waals surface area (Å²) in [6, 6.07) is 29.8. The number of benzene rings is 6. The van der Waals surface area contributed by atoms with Gasteiger partial charge in [0, 0.05) is 46.5 Å². The molecule has 0 saturated carbocycles. The van der Waals surface area contributed by atoms with Crippen molar-refractivity contribution >= 4 is 204 Å². The minimum Gasteiger partial charge on any atom is -0.480 e. The molecule has 7 heterocycles. The molecule has 1 fully saturated rings. The Bertz CT molecular complexity index is 6100. The second-order valence-electron chi connectivity index (χ2n) is 32.0. The molecule has 3 aliphatic rings. The molecule has 44 heteroatoms. The van der Waals surface area contributed by atoms with E-state index in [-0.39, 0.29) is 88.3 Å². The lowest BCUT2D eigenvalue weighted by molar-refractivity contribution is -0.156. The average molecular weight is 2180 g/mol. The first-order valence-electron chi connectivity index (χ1n) is 41.2. The fourth-order valence-corrected chi connectivity index (χ4v) is 13.3. The van der Waals surface area contributed by atoms with Crippen molar-refractivity contribution in [1.29, 1.82) is 5.41 Å². The molecular weight excluding hydrogens is 2070 g/mol. The molecular formula is C92H110BrFI2N14O26. The number of amides is 2. The highest BCUT2D eigenvalue weighted by atomic mass is 127. The Hall–Kier alpha value is -13.4. The van der Waals surface area contributed by atoms with Gasteiger partial charge in [-0.2, -0.15) is 20.0 Å². The largest absolute Gasteiger partial charge is 0.480 e. The highest BCUT2D eigenvalue weighted by Gasteiger charge is 2.27. The highest BCUT2D eigenvalue weighted by molar-refractivity contribution is 14.1. The van der Waals surface area contributed by atoms with Crippen LogP contribution in [-0.4, -0.2) is 234 Å². The summed E-state index contributed by atoms with van der Waals surface area (Å²) in [4.78, 5) is 161. The number of nitrogens with zero attached hydrogens (tertiary/aromatic N) is 11. The summed E-state index contributed by atoms with van der Waals surface area (Å²) in [6.45, 7) is 33.2. The van der Waals surface area contributed by atoms with Crippen molar-refractivity contribution in [2.24, 2.45) is 21.5 Å². The van der Waals surface area contributed by atoms with Gasteiger partial charge in [-0.25, -0.2) is 33.6 Å². The molecule has 13 rings (SSSR count). The lowest BCUT2D eigenvalue weighted by atomic mass is 10.1. The number of aliphatic carboxylic acids is 1. The van der Waals surface area contributed by atoms with Crippen LogP contribution < -0.4 is 11.5 Å². The summed E-state index contributed by atoms with van der Waals surface area (Å²) < 4.78 is 76.1. The maximum Gasteiger partial charge on any atom is 0.337 e. The summed E-state index contributed by atoms with van der Waals surface area (Å²) in [5.74, 6) is -6.71. The first-order chi connectivity index (χ1) is 63.8. The number of ether oxygens (including phenoxy) is 11. The number of carboxylic acid groups (broad SMARTS) is 1. The van der Waals surface area contributed by atoms with E-state index in [1.165, 1.54) is 113 Å². The third-order valence-corrected chi connectivity index (χ3v) is 19.3. The van der Waals surface area contributed by atoms with Gasteiger partial charge in [0.15, 0.2) is 17.9 Å². The number of hydrogen-bond donors (Lipinski definition) is 4. The number of esters is 10. The Labute approximate surface area is 819 Å². The van der Waals surface area contributed by atoms with E-state index in [2.05, 4.69) is 120 Å². The van der Waals surface area contributed by atoms with Crippen LogP contribution in [0, 0.1) is 15.7 Å². The third-order valence-electron chi connectivity index (χ3n) is 17.1. The van der Waals surface area contributed by atoms with E-state index in [1.807, 2.05) is 59.7 Å². The molecule has 1 saturated heterocycles. The number of aromatic nitrogens is 8. The van der Waals surface area contributed by atoms with Gasteiger partial charge < -0.3 is 84.4 Å². The molecule has 0 unspecified atom stereocenters. The van der Waals surface area contributed by atoms with Crippen molar-refractivity contribution in [2.75, 3.05) is 68.4 Å². The summed E-state index contributed by atoms with van der Waals surface area (Å²) in [5.41, 5.74) is 17.3. The number of hydrogen-bond acceptors (Lipinski definition) is 31. The maximum atomic E-state index is 12.0. The standard InChI is InChI=1S/C16H19N3O5.C16H17N3O4.C15H17IN2O4.C12H11N3O5.C10H8INO2.C10H9NO2.C6H11BrO2.C4H8O.C2H5N.CH3F.H2O/c1-16(2,3)24-12(20)8-19-11-6-5-9(15(22)23-4)7-10(11)13(18-19)14(17)21;1-16(2,3)23-13(20)9-19-12-7-6-10(15(21)22-5)8-11(12)14(17-4)18-19;1-15(2,3)22-12(19)8-18-11-6-5-9(14(20)21-4)7-10(11)13(16)17-18;1-20-12(19)6-2-3-8-7(4-6)10(11(13)18)14-15(8)5-9(16)17;1-14-10(13)6-2-3-7-5-12-9(11)8(7)4-6;1-13-10(12)7-2-3-8-5-11-6-9(8)4-7;1-6(2,3)9-5(8)4-7;1-2-4-5-3-1;1-2-3;1-2;/h5-7H,8H2,1-4H3,(H2,17,21);6-8H,9H2,1-3,5H3;5-7H,8H2,1-4H3;2-4H,5H2,1H3,(H2,13,18)(H,16,17);2-4H,5H2,1H3;2-4,6H,5H2,1H3;4H2,1-3H3;1-4H2;2-3H,1H3;1H3;1H2/i;;;;;;;;;1D;. The number of carboxylic acids is 1. The smallest absolute Gasteiger partial charge is 0.337 e. The van der Waals surface area contributed by atoms with Crippen LogP contribution in [0.1, 0.15) is 210 Å². The van der Waals surface area contributed by atoms with Crippen molar-refractivity contribution in [3.8, 4) is 0 Å². The highest BCUT2D eigenvalue weighted by Crippen LogP contribution is 2.30.